The van der Waals surface area contributed by atoms with Crippen molar-refractivity contribution in [1.29, 1.82) is 5.41 Å². The van der Waals surface area contributed by atoms with Gasteiger partial charge >= 0.3 is 0 Å². The third-order valence-electron chi connectivity index (χ3n) is 3.06. The molecular formula is C12H17ClN4. The highest BCUT2D eigenvalue weighted by Gasteiger charge is 2.17. The van der Waals surface area contributed by atoms with Crippen molar-refractivity contribution in [3.63, 3.8) is 0 Å². The molecule has 1 aliphatic rings. The Kier molecular flexibility index (Phi) is 3.86. The van der Waals surface area contributed by atoms with E-state index < -0.39 is 0 Å². The zero-order valence-electron chi connectivity index (χ0n) is 9.69. The highest BCUT2D eigenvalue weighted by Crippen LogP contribution is 2.17. The number of halogens is 1. The zero-order chi connectivity index (χ0) is 12.3. The Balaban J connectivity index is 1.90. The fourth-order valence-electron chi connectivity index (χ4n) is 2.01. The molecule has 92 valence electrons. The molecule has 0 bridgehead atoms. The maximum atomic E-state index is 7.37. The van der Waals surface area contributed by atoms with Crippen molar-refractivity contribution in [1.82, 2.24) is 9.80 Å². The van der Waals surface area contributed by atoms with Crippen molar-refractivity contribution in [2.75, 3.05) is 26.2 Å². The Bertz CT molecular complexity index is 399. The van der Waals surface area contributed by atoms with Crippen molar-refractivity contribution < 1.29 is 0 Å². The maximum Gasteiger partial charge on any atom is 0.188 e. The summed E-state index contributed by atoms with van der Waals surface area (Å²) in [7, 11) is 0. The molecule has 1 aliphatic heterocycles. The van der Waals surface area contributed by atoms with Gasteiger partial charge in [-0.2, -0.15) is 0 Å². The highest BCUT2D eigenvalue weighted by atomic mass is 35.5. The highest BCUT2D eigenvalue weighted by molar-refractivity contribution is 6.31. The molecule has 1 fully saturated rings. The molecule has 1 aromatic carbocycles. The molecule has 5 heteroatoms. The largest absolute Gasteiger partial charge is 0.370 e. The van der Waals surface area contributed by atoms with E-state index in [0.29, 0.717) is 0 Å². The molecule has 0 atom stereocenters. The summed E-state index contributed by atoms with van der Waals surface area (Å²) >= 11 is 6.13. The van der Waals surface area contributed by atoms with Crippen molar-refractivity contribution >= 4 is 17.6 Å². The summed E-state index contributed by atoms with van der Waals surface area (Å²) in [5.41, 5.74) is 6.62. The van der Waals surface area contributed by atoms with Gasteiger partial charge < -0.3 is 10.6 Å². The van der Waals surface area contributed by atoms with E-state index in [9.17, 15) is 0 Å². The van der Waals surface area contributed by atoms with Crippen LogP contribution in [0.15, 0.2) is 24.3 Å². The minimum Gasteiger partial charge on any atom is -0.370 e. The third kappa shape index (κ3) is 3.11. The van der Waals surface area contributed by atoms with Crippen LogP contribution in [0.25, 0.3) is 0 Å². The second kappa shape index (κ2) is 5.38. The van der Waals surface area contributed by atoms with Crippen LogP contribution in [0, 0.1) is 5.41 Å². The summed E-state index contributed by atoms with van der Waals surface area (Å²) in [5.74, 6) is 0.169. The summed E-state index contributed by atoms with van der Waals surface area (Å²) in [6.45, 7) is 4.35. The van der Waals surface area contributed by atoms with Gasteiger partial charge in [0.15, 0.2) is 5.96 Å². The normalized spacial score (nSPS) is 17.1. The summed E-state index contributed by atoms with van der Waals surface area (Å²) in [5, 5.41) is 8.19. The summed E-state index contributed by atoms with van der Waals surface area (Å²) < 4.78 is 0. The lowest BCUT2D eigenvalue weighted by Gasteiger charge is -2.34. The van der Waals surface area contributed by atoms with Crippen molar-refractivity contribution in [3.8, 4) is 0 Å². The number of nitrogens with one attached hydrogen (secondary N) is 1. The molecule has 1 aromatic rings. The standard InChI is InChI=1S/C12H17ClN4/c13-11-4-2-1-3-10(11)9-16-5-7-17(8-6-16)12(14)15/h1-4H,5-9H2,(H3,14,15). The minimum absolute atomic E-state index is 0.169. The number of hydrogen-bond acceptors (Lipinski definition) is 2. The van der Waals surface area contributed by atoms with Crippen LogP contribution < -0.4 is 5.73 Å². The van der Waals surface area contributed by atoms with Crippen molar-refractivity contribution in [2.24, 2.45) is 5.73 Å². The van der Waals surface area contributed by atoms with E-state index in [1.54, 1.807) is 0 Å². The van der Waals surface area contributed by atoms with Gasteiger partial charge in [0, 0.05) is 37.7 Å². The van der Waals surface area contributed by atoms with Gasteiger partial charge in [-0.1, -0.05) is 29.8 Å². The lowest BCUT2D eigenvalue weighted by Crippen LogP contribution is -2.50. The van der Waals surface area contributed by atoms with Gasteiger partial charge in [-0.05, 0) is 11.6 Å². The molecule has 1 saturated heterocycles. The first-order valence-corrected chi connectivity index (χ1v) is 6.09. The van der Waals surface area contributed by atoms with E-state index in [-0.39, 0.29) is 5.96 Å². The number of nitrogens with zero attached hydrogens (tertiary/aromatic N) is 2. The number of benzene rings is 1. The van der Waals surface area contributed by atoms with Gasteiger partial charge in [-0.15, -0.1) is 0 Å². The molecule has 4 nitrogen and oxygen atoms in total. The molecule has 0 aliphatic carbocycles. The van der Waals surface area contributed by atoms with Crippen LogP contribution in [-0.2, 0) is 6.54 Å². The Morgan fingerprint density at radius 1 is 1.24 bits per heavy atom. The molecule has 0 spiro atoms. The molecule has 0 saturated carbocycles. The fraction of sp³-hybridized carbons (Fsp3) is 0.417. The van der Waals surface area contributed by atoms with Gasteiger partial charge in [0.25, 0.3) is 0 Å². The van der Waals surface area contributed by atoms with E-state index in [4.69, 9.17) is 22.7 Å². The van der Waals surface area contributed by atoms with Gasteiger partial charge in [-0.25, -0.2) is 0 Å². The van der Waals surface area contributed by atoms with Crippen LogP contribution in [0.2, 0.25) is 5.02 Å². The first kappa shape index (κ1) is 12.2. The van der Waals surface area contributed by atoms with Crippen LogP contribution in [0.5, 0.6) is 0 Å². The first-order chi connectivity index (χ1) is 8.16. The SMILES string of the molecule is N=C(N)N1CCN(Cc2ccccc2Cl)CC1. The van der Waals surface area contributed by atoms with Crippen molar-refractivity contribution in [3.05, 3.63) is 34.9 Å². The van der Waals surface area contributed by atoms with Gasteiger partial charge in [0.05, 0.1) is 0 Å². The fourth-order valence-corrected chi connectivity index (χ4v) is 2.21. The Hall–Kier alpha value is -1.26. The Morgan fingerprint density at radius 3 is 2.47 bits per heavy atom. The van der Waals surface area contributed by atoms with Gasteiger partial charge in [0.2, 0.25) is 0 Å². The lowest BCUT2D eigenvalue weighted by atomic mass is 10.2. The number of piperazine rings is 1. The molecule has 0 radical (unpaired) electrons. The van der Waals surface area contributed by atoms with E-state index in [1.165, 1.54) is 0 Å². The van der Waals surface area contributed by atoms with Crippen LogP contribution in [0.4, 0.5) is 0 Å². The quantitative estimate of drug-likeness (QED) is 0.617. The molecule has 3 N–H and O–H groups in total. The molecular weight excluding hydrogens is 236 g/mol. The summed E-state index contributed by atoms with van der Waals surface area (Å²) in [6, 6.07) is 7.93. The first-order valence-electron chi connectivity index (χ1n) is 5.71. The molecule has 1 heterocycles. The van der Waals surface area contributed by atoms with Gasteiger partial charge in [-0.3, -0.25) is 10.3 Å². The topological polar surface area (TPSA) is 56.4 Å². The second-order valence-corrected chi connectivity index (χ2v) is 4.65. The van der Waals surface area contributed by atoms with E-state index in [0.717, 1.165) is 43.3 Å². The molecule has 0 unspecified atom stereocenters. The second-order valence-electron chi connectivity index (χ2n) is 4.24. The molecule has 0 aromatic heterocycles. The smallest absolute Gasteiger partial charge is 0.188 e. The molecule has 0 amide bonds. The minimum atomic E-state index is 0.169. The van der Waals surface area contributed by atoms with E-state index in [2.05, 4.69) is 11.0 Å². The molecule has 17 heavy (non-hydrogen) atoms. The van der Waals surface area contributed by atoms with E-state index in [1.807, 2.05) is 23.1 Å². The van der Waals surface area contributed by atoms with E-state index >= 15 is 0 Å². The average molecular weight is 253 g/mol. The van der Waals surface area contributed by atoms with Crippen LogP contribution in [0.1, 0.15) is 5.56 Å². The Morgan fingerprint density at radius 2 is 1.88 bits per heavy atom. The van der Waals surface area contributed by atoms with Crippen LogP contribution in [-0.4, -0.2) is 41.9 Å². The molecule has 2 rings (SSSR count). The van der Waals surface area contributed by atoms with Crippen molar-refractivity contribution in [2.45, 2.75) is 6.54 Å². The predicted octanol–water partition coefficient (Wildman–Crippen LogP) is 1.35. The van der Waals surface area contributed by atoms with Crippen LogP contribution >= 0.6 is 11.6 Å². The zero-order valence-corrected chi connectivity index (χ0v) is 10.5. The van der Waals surface area contributed by atoms with Crippen LogP contribution in [0.3, 0.4) is 0 Å². The monoisotopic (exact) mass is 252 g/mol. The average Bonchev–Trinajstić information content (AvgIpc) is 2.33. The number of guanidine groups is 1. The maximum absolute atomic E-state index is 7.37. The summed E-state index contributed by atoms with van der Waals surface area (Å²) in [6.07, 6.45) is 0. The third-order valence-corrected chi connectivity index (χ3v) is 3.43. The number of rotatable bonds is 2. The Labute approximate surface area is 106 Å². The van der Waals surface area contributed by atoms with Gasteiger partial charge in [0.1, 0.15) is 0 Å². The lowest BCUT2D eigenvalue weighted by molar-refractivity contribution is 0.174. The number of hydrogen-bond donors (Lipinski definition) is 2. The predicted molar refractivity (Wildman–Crippen MR) is 70.2 cm³/mol. The summed E-state index contributed by atoms with van der Waals surface area (Å²) in [4.78, 5) is 4.23. The number of nitrogens with two attached hydrogens (primary N) is 1.